The van der Waals surface area contributed by atoms with Gasteiger partial charge in [-0.3, -0.25) is 14.7 Å². The molecule has 0 amide bonds. The van der Waals surface area contributed by atoms with E-state index in [4.69, 9.17) is 12.6 Å². The Kier molecular flexibility index (Phi) is 11.4. The molecule has 5 nitrogen and oxygen atoms in total. The van der Waals surface area contributed by atoms with Crippen molar-refractivity contribution in [2.24, 2.45) is 23.2 Å². The fraction of sp³-hybridized carbons (Fsp3) is 1.00. The van der Waals surface area contributed by atoms with Crippen LogP contribution in [-0.4, -0.2) is 119 Å². The molecule has 0 saturated carbocycles. The van der Waals surface area contributed by atoms with Crippen molar-refractivity contribution >= 4 is 12.6 Å². The molecular weight excluding hydrogens is 510 g/mol. The Balaban J connectivity index is 1.18. The summed E-state index contributed by atoms with van der Waals surface area (Å²) < 4.78 is 0. The normalized spacial score (nSPS) is 28.6. The molecule has 0 N–H and O–H groups in total. The van der Waals surface area contributed by atoms with Crippen LogP contribution in [0, 0.1) is 23.2 Å². The molecule has 0 unspecified atom stereocenters. The van der Waals surface area contributed by atoms with E-state index >= 15 is 0 Å². The van der Waals surface area contributed by atoms with Crippen LogP contribution in [0.4, 0.5) is 0 Å². The third-order valence-corrected chi connectivity index (χ3v) is 12.0. The standard InChI is InChI=1S/C34H67N5S/c1-28(2)37-22-20-36(21-23-37)24-29-10-9-16-38(26-29)33(5,6)15-14-32(3,4)31-12-17-35(18-13-31)25-30-11-19-39(27-30)34(7,8)40/h28-31,40H,9-27H2,1-8H3/t29-,30+/m0/s1. The van der Waals surface area contributed by atoms with E-state index in [1.807, 2.05) is 0 Å². The number of hydrogen-bond acceptors (Lipinski definition) is 6. The second-order valence-electron chi connectivity index (χ2n) is 16.4. The molecule has 4 fully saturated rings. The summed E-state index contributed by atoms with van der Waals surface area (Å²) in [7, 11) is 0. The second-order valence-corrected chi connectivity index (χ2v) is 17.5. The molecule has 4 rings (SSSR count). The van der Waals surface area contributed by atoms with E-state index in [9.17, 15) is 0 Å². The number of hydrogen-bond donors (Lipinski definition) is 1. The lowest BCUT2D eigenvalue weighted by Gasteiger charge is -2.47. The van der Waals surface area contributed by atoms with Gasteiger partial charge >= 0.3 is 0 Å². The number of likely N-dealkylation sites (tertiary alicyclic amines) is 3. The van der Waals surface area contributed by atoms with Crippen LogP contribution < -0.4 is 0 Å². The zero-order chi connectivity index (χ0) is 29.1. The van der Waals surface area contributed by atoms with E-state index < -0.39 is 0 Å². The van der Waals surface area contributed by atoms with Crippen molar-refractivity contribution < 1.29 is 0 Å². The number of piperidine rings is 2. The third kappa shape index (κ3) is 9.08. The third-order valence-electron chi connectivity index (χ3n) is 11.7. The molecule has 2 atom stereocenters. The Morgan fingerprint density at radius 2 is 1.23 bits per heavy atom. The SMILES string of the molecule is CC(C)N1CCN(C[C@@H]2CCCN(C(C)(C)CCC(C)(C)C3CCN(C[C@H]4CCN(C(C)(C)S)C4)CC3)C2)CC1. The molecule has 0 radical (unpaired) electrons. The molecule has 4 aliphatic rings. The molecule has 4 saturated heterocycles. The van der Waals surface area contributed by atoms with Gasteiger partial charge in [0, 0.05) is 63.9 Å². The topological polar surface area (TPSA) is 16.2 Å². The highest BCUT2D eigenvalue weighted by Crippen LogP contribution is 2.41. The van der Waals surface area contributed by atoms with E-state index in [0.717, 1.165) is 17.8 Å². The van der Waals surface area contributed by atoms with Crippen LogP contribution in [0.3, 0.4) is 0 Å². The van der Waals surface area contributed by atoms with Crippen LogP contribution in [0.5, 0.6) is 0 Å². The average molecular weight is 578 g/mol. The Bertz CT molecular complexity index is 761. The highest BCUT2D eigenvalue weighted by molar-refractivity contribution is 7.81. The van der Waals surface area contributed by atoms with Gasteiger partial charge in [-0.25, -0.2) is 0 Å². The van der Waals surface area contributed by atoms with E-state index in [2.05, 4.69) is 79.9 Å². The fourth-order valence-electron chi connectivity index (χ4n) is 8.32. The van der Waals surface area contributed by atoms with E-state index in [1.165, 1.54) is 123 Å². The van der Waals surface area contributed by atoms with E-state index in [-0.39, 0.29) is 4.87 Å². The van der Waals surface area contributed by atoms with Crippen molar-refractivity contribution in [2.45, 2.75) is 117 Å². The summed E-state index contributed by atoms with van der Waals surface area (Å²) in [6, 6.07) is 0.694. The Morgan fingerprint density at radius 3 is 1.80 bits per heavy atom. The minimum absolute atomic E-state index is 0.0256. The van der Waals surface area contributed by atoms with Crippen molar-refractivity contribution in [3.05, 3.63) is 0 Å². The van der Waals surface area contributed by atoms with Gasteiger partial charge in [-0.05, 0) is 136 Å². The summed E-state index contributed by atoms with van der Waals surface area (Å²) in [5.74, 6) is 2.55. The zero-order valence-electron chi connectivity index (χ0n) is 27.9. The maximum Gasteiger partial charge on any atom is 0.0583 e. The van der Waals surface area contributed by atoms with Crippen LogP contribution in [0.15, 0.2) is 0 Å². The van der Waals surface area contributed by atoms with Crippen LogP contribution >= 0.6 is 12.6 Å². The lowest BCUT2D eigenvalue weighted by Crippen LogP contribution is -2.54. The molecule has 0 spiro atoms. The summed E-state index contributed by atoms with van der Waals surface area (Å²) in [4.78, 5) is 13.7. The van der Waals surface area contributed by atoms with Gasteiger partial charge in [0.1, 0.15) is 0 Å². The molecule has 4 aliphatic heterocycles. The first-order chi connectivity index (χ1) is 18.7. The largest absolute Gasteiger partial charge is 0.303 e. The lowest BCUT2D eigenvalue weighted by atomic mass is 9.69. The van der Waals surface area contributed by atoms with Gasteiger partial charge in [-0.2, -0.15) is 12.6 Å². The summed E-state index contributed by atoms with van der Waals surface area (Å²) in [6.07, 6.45) is 9.61. The molecule has 0 aromatic carbocycles. The van der Waals surface area contributed by atoms with E-state index in [0.29, 0.717) is 17.0 Å². The first-order valence-electron chi connectivity index (χ1n) is 17.1. The Morgan fingerprint density at radius 1 is 0.650 bits per heavy atom. The van der Waals surface area contributed by atoms with Crippen LogP contribution in [-0.2, 0) is 0 Å². The first-order valence-corrected chi connectivity index (χ1v) is 17.6. The smallest absolute Gasteiger partial charge is 0.0583 e. The fourth-order valence-corrected chi connectivity index (χ4v) is 8.50. The summed E-state index contributed by atoms with van der Waals surface area (Å²) in [5.41, 5.74) is 0.747. The number of piperazine rings is 1. The van der Waals surface area contributed by atoms with Crippen LogP contribution in [0.1, 0.15) is 100 Å². The predicted octanol–water partition coefficient (Wildman–Crippen LogP) is 6.01. The summed E-state index contributed by atoms with van der Waals surface area (Å²) in [6.45, 7) is 34.7. The van der Waals surface area contributed by atoms with Gasteiger partial charge in [0.2, 0.25) is 0 Å². The highest BCUT2D eigenvalue weighted by Gasteiger charge is 2.38. The quantitative estimate of drug-likeness (QED) is 0.302. The number of thiol groups is 1. The monoisotopic (exact) mass is 578 g/mol. The van der Waals surface area contributed by atoms with Gasteiger partial charge < -0.3 is 9.80 Å². The van der Waals surface area contributed by atoms with Gasteiger partial charge in [-0.1, -0.05) is 13.8 Å². The molecule has 0 bridgehead atoms. The minimum Gasteiger partial charge on any atom is -0.303 e. The Labute approximate surface area is 255 Å². The molecule has 234 valence electrons. The van der Waals surface area contributed by atoms with Crippen molar-refractivity contribution in [1.29, 1.82) is 0 Å². The lowest BCUT2D eigenvalue weighted by molar-refractivity contribution is 0.0213. The highest BCUT2D eigenvalue weighted by atomic mass is 32.1. The minimum atomic E-state index is 0.0256. The molecule has 4 heterocycles. The zero-order valence-corrected chi connectivity index (χ0v) is 28.8. The molecule has 6 heteroatoms. The van der Waals surface area contributed by atoms with Gasteiger partial charge in [0.05, 0.1) is 4.87 Å². The summed E-state index contributed by atoms with van der Waals surface area (Å²) >= 11 is 4.82. The van der Waals surface area contributed by atoms with Gasteiger partial charge in [0.25, 0.3) is 0 Å². The molecule has 40 heavy (non-hydrogen) atoms. The molecule has 0 aliphatic carbocycles. The van der Waals surface area contributed by atoms with Crippen molar-refractivity contribution in [3.63, 3.8) is 0 Å². The van der Waals surface area contributed by atoms with E-state index in [1.54, 1.807) is 0 Å². The predicted molar refractivity (Wildman–Crippen MR) is 176 cm³/mol. The maximum absolute atomic E-state index is 4.82. The molecule has 0 aromatic heterocycles. The maximum atomic E-state index is 4.82. The van der Waals surface area contributed by atoms with Gasteiger partial charge in [0.15, 0.2) is 0 Å². The van der Waals surface area contributed by atoms with Gasteiger partial charge in [-0.15, -0.1) is 0 Å². The molecular formula is C34H67N5S. The Hall–Kier alpha value is 0.150. The number of rotatable bonds is 11. The number of nitrogens with zero attached hydrogens (tertiary/aromatic N) is 5. The van der Waals surface area contributed by atoms with Crippen molar-refractivity contribution in [1.82, 2.24) is 24.5 Å². The molecule has 0 aromatic rings. The van der Waals surface area contributed by atoms with Crippen molar-refractivity contribution in [2.75, 3.05) is 78.5 Å². The van der Waals surface area contributed by atoms with Crippen LogP contribution in [0.2, 0.25) is 0 Å². The van der Waals surface area contributed by atoms with Crippen LogP contribution in [0.25, 0.3) is 0 Å². The second kappa shape index (κ2) is 13.8. The summed E-state index contributed by atoms with van der Waals surface area (Å²) in [5, 5.41) is 0. The average Bonchev–Trinajstić information content (AvgIpc) is 3.38. The van der Waals surface area contributed by atoms with Crippen molar-refractivity contribution in [3.8, 4) is 0 Å². The first kappa shape index (κ1) is 33.1.